The Labute approximate surface area is 105 Å². The van der Waals surface area contributed by atoms with Crippen molar-refractivity contribution in [3.05, 3.63) is 22.7 Å². The molecule has 3 nitrogen and oxygen atoms in total. The molecular weight excluding hydrogens is 268 g/mol. The van der Waals surface area contributed by atoms with E-state index in [2.05, 4.69) is 35.1 Å². The molecule has 1 rings (SSSR count). The molecule has 4 heteroatoms. The third-order valence-electron chi connectivity index (χ3n) is 2.33. The van der Waals surface area contributed by atoms with Gasteiger partial charge in [-0.15, -0.1) is 0 Å². The van der Waals surface area contributed by atoms with E-state index in [-0.39, 0.29) is 12.6 Å². The maximum Gasteiger partial charge on any atom is 0.0632 e. The van der Waals surface area contributed by atoms with Gasteiger partial charge in [0.1, 0.15) is 0 Å². The van der Waals surface area contributed by atoms with Gasteiger partial charge in [-0.3, -0.25) is 0 Å². The summed E-state index contributed by atoms with van der Waals surface area (Å²) < 4.78 is 0.926. The number of rotatable bonds is 5. The lowest BCUT2D eigenvalue weighted by Crippen LogP contribution is -2.25. The Hall–Kier alpha value is -0.740. The molecule has 90 valence electrons. The van der Waals surface area contributed by atoms with Crippen LogP contribution in [0, 0.1) is 5.92 Å². The van der Waals surface area contributed by atoms with E-state index in [0.29, 0.717) is 5.92 Å². The van der Waals surface area contributed by atoms with E-state index < -0.39 is 0 Å². The predicted octanol–water partition coefficient (Wildman–Crippen LogP) is 2.85. The van der Waals surface area contributed by atoms with Crippen molar-refractivity contribution in [2.45, 2.75) is 26.3 Å². The largest absolute Gasteiger partial charge is 0.399 e. The molecular formula is C12H19BrN2O. The molecule has 0 radical (unpaired) electrons. The summed E-state index contributed by atoms with van der Waals surface area (Å²) in [5, 5.41) is 12.6. The first kappa shape index (κ1) is 13.3. The molecule has 0 aromatic heterocycles. The zero-order valence-corrected chi connectivity index (χ0v) is 11.3. The summed E-state index contributed by atoms with van der Waals surface area (Å²) in [5.41, 5.74) is 7.35. The number of aliphatic hydroxyl groups excluding tert-OH is 1. The summed E-state index contributed by atoms with van der Waals surface area (Å²) >= 11 is 3.45. The number of hydrogen-bond donors (Lipinski definition) is 3. The van der Waals surface area contributed by atoms with E-state index in [1.54, 1.807) is 0 Å². The smallest absolute Gasteiger partial charge is 0.0632 e. The summed E-state index contributed by atoms with van der Waals surface area (Å²) in [6.07, 6.45) is 0.938. The first-order valence-electron chi connectivity index (χ1n) is 5.45. The Kier molecular flexibility index (Phi) is 5.09. The van der Waals surface area contributed by atoms with Crippen LogP contribution in [0.4, 0.5) is 11.4 Å². The third kappa shape index (κ3) is 4.02. The summed E-state index contributed by atoms with van der Waals surface area (Å²) in [5.74, 6) is 0.553. The second-order valence-corrected chi connectivity index (χ2v) is 5.25. The minimum atomic E-state index is 0.0833. The van der Waals surface area contributed by atoms with Gasteiger partial charge in [0, 0.05) is 21.9 Å². The molecule has 0 saturated carbocycles. The van der Waals surface area contributed by atoms with Gasteiger partial charge in [0.15, 0.2) is 0 Å². The van der Waals surface area contributed by atoms with Crippen molar-refractivity contribution in [1.29, 1.82) is 0 Å². The number of anilines is 2. The van der Waals surface area contributed by atoms with E-state index in [1.165, 1.54) is 0 Å². The van der Waals surface area contributed by atoms with Gasteiger partial charge in [-0.1, -0.05) is 13.8 Å². The molecule has 1 aromatic rings. The van der Waals surface area contributed by atoms with Crippen molar-refractivity contribution < 1.29 is 5.11 Å². The molecule has 16 heavy (non-hydrogen) atoms. The van der Waals surface area contributed by atoms with Crippen LogP contribution in [0.2, 0.25) is 0 Å². The van der Waals surface area contributed by atoms with Gasteiger partial charge in [0.25, 0.3) is 0 Å². The fourth-order valence-electron chi connectivity index (χ4n) is 1.62. The maximum atomic E-state index is 9.28. The van der Waals surface area contributed by atoms with Crippen LogP contribution in [0.5, 0.6) is 0 Å². The molecule has 0 bridgehead atoms. The van der Waals surface area contributed by atoms with Crippen molar-refractivity contribution in [3.8, 4) is 0 Å². The minimum Gasteiger partial charge on any atom is -0.399 e. The van der Waals surface area contributed by atoms with Crippen LogP contribution in [0.3, 0.4) is 0 Å². The quantitative estimate of drug-likeness (QED) is 0.730. The maximum absolute atomic E-state index is 9.28. The molecule has 1 unspecified atom stereocenters. The zero-order valence-electron chi connectivity index (χ0n) is 9.70. The van der Waals surface area contributed by atoms with Crippen LogP contribution < -0.4 is 11.1 Å². The minimum absolute atomic E-state index is 0.0833. The van der Waals surface area contributed by atoms with E-state index in [4.69, 9.17) is 5.73 Å². The van der Waals surface area contributed by atoms with Gasteiger partial charge in [0.2, 0.25) is 0 Å². The number of nitrogens with two attached hydrogens (primary N) is 1. The first-order chi connectivity index (χ1) is 7.52. The molecule has 1 aromatic carbocycles. The van der Waals surface area contributed by atoms with Crippen molar-refractivity contribution >= 4 is 27.3 Å². The van der Waals surface area contributed by atoms with E-state index in [9.17, 15) is 5.11 Å². The number of nitrogens with one attached hydrogen (secondary N) is 1. The van der Waals surface area contributed by atoms with Gasteiger partial charge in [-0.2, -0.15) is 0 Å². The highest BCUT2D eigenvalue weighted by molar-refractivity contribution is 9.10. The Balaban J connectivity index is 2.70. The second kappa shape index (κ2) is 6.11. The first-order valence-corrected chi connectivity index (χ1v) is 6.24. The lowest BCUT2D eigenvalue weighted by atomic mass is 10.0. The molecule has 0 fully saturated rings. The van der Waals surface area contributed by atoms with Crippen LogP contribution in [0.25, 0.3) is 0 Å². The van der Waals surface area contributed by atoms with Gasteiger partial charge in [0.05, 0.1) is 6.61 Å². The highest BCUT2D eigenvalue weighted by atomic mass is 79.9. The van der Waals surface area contributed by atoms with Crippen LogP contribution >= 0.6 is 15.9 Å². The Morgan fingerprint density at radius 3 is 2.62 bits per heavy atom. The topological polar surface area (TPSA) is 58.3 Å². The van der Waals surface area contributed by atoms with Gasteiger partial charge in [-0.25, -0.2) is 0 Å². The summed E-state index contributed by atoms with van der Waals surface area (Å²) in [4.78, 5) is 0. The lowest BCUT2D eigenvalue weighted by molar-refractivity contribution is 0.259. The Morgan fingerprint density at radius 2 is 2.12 bits per heavy atom. The molecule has 0 spiro atoms. The number of halogens is 1. The summed E-state index contributed by atoms with van der Waals surface area (Å²) in [6.45, 7) is 4.42. The highest BCUT2D eigenvalue weighted by Gasteiger charge is 2.11. The third-order valence-corrected chi connectivity index (χ3v) is 2.99. The van der Waals surface area contributed by atoms with Crippen LogP contribution in [-0.4, -0.2) is 17.8 Å². The number of aliphatic hydroxyl groups is 1. The SMILES string of the molecule is CC(C)CC(CO)Nc1ccc(N)cc1Br. The second-order valence-electron chi connectivity index (χ2n) is 4.39. The Bertz CT molecular complexity index is 342. The van der Waals surface area contributed by atoms with E-state index >= 15 is 0 Å². The summed E-state index contributed by atoms with van der Waals surface area (Å²) in [6, 6.07) is 5.70. The normalized spacial score (nSPS) is 12.8. The lowest BCUT2D eigenvalue weighted by Gasteiger charge is -2.20. The Morgan fingerprint density at radius 1 is 1.44 bits per heavy atom. The van der Waals surface area contributed by atoms with Crippen LogP contribution in [-0.2, 0) is 0 Å². The molecule has 0 aliphatic heterocycles. The predicted molar refractivity (Wildman–Crippen MR) is 72.5 cm³/mol. The average molecular weight is 287 g/mol. The molecule has 1 atom stereocenters. The molecule has 0 amide bonds. The van der Waals surface area contributed by atoms with Gasteiger partial charge in [-0.05, 0) is 46.5 Å². The van der Waals surface area contributed by atoms with E-state index in [0.717, 1.165) is 22.3 Å². The number of hydrogen-bond acceptors (Lipinski definition) is 3. The van der Waals surface area contributed by atoms with Crippen LogP contribution in [0.15, 0.2) is 22.7 Å². The molecule has 0 saturated heterocycles. The highest BCUT2D eigenvalue weighted by Crippen LogP contribution is 2.26. The average Bonchev–Trinajstić information content (AvgIpc) is 2.20. The summed E-state index contributed by atoms with van der Waals surface area (Å²) in [7, 11) is 0. The molecule has 0 aliphatic carbocycles. The van der Waals surface area contributed by atoms with Crippen LogP contribution in [0.1, 0.15) is 20.3 Å². The van der Waals surface area contributed by atoms with Crippen molar-refractivity contribution in [2.75, 3.05) is 17.7 Å². The number of nitrogen functional groups attached to an aromatic ring is 1. The van der Waals surface area contributed by atoms with Crippen molar-refractivity contribution in [2.24, 2.45) is 5.92 Å². The monoisotopic (exact) mass is 286 g/mol. The molecule has 4 N–H and O–H groups in total. The number of benzene rings is 1. The molecule has 0 heterocycles. The van der Waals surface area contributed by atoms with Gasteiger partial charge >= 0.3 is 0 Å². The van der Waals surface area contributed by atoms with Crippen molar-refractivity contribution in [3.63, 3.8) is 0 Å². The molecule has 0 aliphatic rings. The fourth-order valence-corrected chi connectivity index (χ4v) is 2.13. The fraction of sp³-hybridized carbons (Fsp3) is 0.500. The van der Waals surface area contributed by atoms with Gasteiger partial charge < -0.3 is 16.2 Å². The standard InChI is InChI=1S/C12H19BrN2O/c1-8(2)5-10(7-16)15-12-4-3-9(14)6-11(12)13/h3-4,6,8,10,15-16H,5,7,14H2,1-2H3. The van der Waals surface area contributed by atoms with E-state index in [1.807, 2.05) is 18.2 Å². The van der Waals surface area contributed by atoms with Crippen molar-refractivity contribution in [1.82, 2.24) is 0 Å². The zero-order chi connectivity index (χ0) is 12.1.